The number of amides is 1. The highest BCUT2D eigenvalue weighted by molar-refractivity contribution is 5.79. The molecule has 0 unspecified atom stereocenters. The summed E-state index contributed by atoms with van der Waals surface area (Å²) in [6.45, 7) is -0.150. The number of carbonyl (C=O) groups is 1. The van der Waals surface area contributed by atoms with Gasteiger partial charge < -0.3 is 4.90 Å². The average molecular weight is 378 g/mol. The predicted octanol–water partition coefficient (Wildman–Crippen LogP) is 2.57. The molecule has 2 aromatic rings. The van der Waals surface area contributed by atoms with E-state index in [-0.39, 0.29) is 13.1 Å². The van der Waals surface area contributed by atoms with Crippen LogP contribution < -0.4 is 0 Å². The van der Waals surface area contributed by atoms with Gasteiger partial charge >= 0.3 is 6.18 Å². The van der Waals surface area contributed by atoms with Gasteiger partial charge in [-0.3, -0.25) is 9.69 Å². The fraction of sp³-hybridized carbons (Fsp3) is 0.474. The smallest absolute Gasteiger partial charge is 0.331 e. The molecular formula is C19H21F3N4O. The Bertz CT molecular complexity index is 831. The number of fused-ring (bicyclic) bond motifs is 1. The van der Waals surface area contributed by atoms with Gasteiger partial charge in [-0.25, -0.2) is 4.68 Å². The van der Waals surface area contributed by atoms with E-state index in [2.05, 4.69) is 0 Å². The van der Waals surface area contributed by atoms with Gasteiger partial charge in [0.1, 0.15) is 6.54 Å². The third kappa shape index (κ3) is 3.85. The number of aromatic nitrogens is 2. The van der Waals surface area contributed by atoms with Crippen LogP contribution in [0.3, 0.4) is 0 Å². The minimum absolute atomic E-state index is 0.00303. The molecule has 1 saturated heterocycles. The molecule has 144 valence electrons. The van der Waals surface area contributed by atoms with Crippen molar-refractivity contribution in [2.75, 3.05) is 26.2 Å². The van der Waals surface area contributed by atoms with Crippen molar-refractivity contribution in [3.8, 4) is 5.69 Å². The molecule has 1 fully saturated rings. The molecule has 0 atom stereocenters. The Morgan fingerprint density at radius 3 is 2.56 bits per heavy atom. The van der Waals surface area contributed by atoms with Crippen molar-refractivity contribution in [3.63, 3.8) is 0 Å². The van der Waals surface area contributed by atoms with Crippen molar-refractivity contribution in [2.24, 2.45) is 0 Å². The standard InChI is InChI=1S/C19H21F3N4O/c20-19(21,22)13-25-10-9-24(12-18(25)27)11-16-15-7-4-8-17(15)26(23-16)14-5-2-1-3-6-14/h1-3,5-6H,4,7-13H2. The van der Waals surface area contributed by atoms with E-state index in [1.54, 1.807) is 0 Å². The summed E-state index contributed by atoms with van der Waals surface area (Å²) in [5.74, 6) is -0.474. The third-order valence-electron chi connectivity index (χ3n) is 5.16. The first kappa shape index (κ1) is 18.0. The quantitative estimate of drug-likeness (QED) is 0.821. The molecule has 0 spiro atoms. The minimum atomic E-state index is -4.35. The molecule has 0 radical (unpaired) electrons. The number of benzene rings is 1. The van der Waals surface area contributed by atoms with Crippen molar-refractivity contribution >= 4 is 5.91 Å². The lowest BCUT2D eigenvalue weighted by molar-refractivity contribution is -0.165. The number of para-hydroxylation sites is 1. The molecule has 2 aliphatic rings. The SMILES string of the molecule is O=C1CN(Cc2nn(-c3ccccc3)c3c2CCC3)CCN1CC(F)(F)F. The van der Waals surface area contributed by atoms with E-state index in [4.69, 9.17) is 5.10 Å². The summed E-state index contributed by atoms with van der Waals surface area (Å²) in [5.41, 5.74) is 4.37. The number of rotatable bonds is 4. The van der Waals surface area contributed by atoms with Crippen LogP contribution in [0.1, 0.15) is 23.4 Å². The number of halogens is 3. The first-order valence-electron chi connectivity index (χ1n) is 9.13. The van der Waals surface area contributed by atoms with Crippen LogP contribution in [0.4, 0.5) is 13.2 Å². The zero-order chi connectivity index (χ0) is 19.0. The van der Waals surface area contributed by atoms with Crippen LogP contribution in [-0.2, 0) is 24.2 Å². The third-order valence-corrected chi connectivity index (χ3v) is 5.16. The molecule has 27 heavy (non-hydrogen) atoms. The maximum absolute atomic E-state index is 12.6. The van der Waals surface area contributed by atoms with Crippen LogP contribution in [0.15, 0.2) is 30.3 Å². The Hall–Kier alpha value is -2.35. The van der Waals surface area contributed by atoms with Crippen molar-refractivity contribution in [1.82, 2.24) is 19.6 Å². The lowest BCUT2D eigenvalue weighted by Gasteiger charge is -2.34. The number of hydrogen-bond donors (Lipinski definition) is 0. The van der Waals surface area contributed by atoms with Crippen LogP contribution in [0.5, 0.6) is 0 Å². The Kier molecular flexibility index (Phi) is 4.67. The van der Waals surface area contributed by atoms with Crippen molar-refractivity contribution in [3.05, 3.63) is 47.3 Å². The van der Waals surface area contributed by atoms with Crippen LogP contribution in [0.25, 0.3) is 5.69 Å². The van der Waals surface area contributed by atoms with Gasteiger partial charge in [-0.15, -0.1) is 0 Å². The molecule has 0 N–H and O–H groups in total. The van der Waals surface area contributed by atoms with Crippen LogP contribution >= 0.6 is 0 Å². The second-order valence-electron chi connectivity index (χ2n) is 7.11. The van der Waals surface area contributed by atoms with Gasteiger partial charge in [0.15, 0.2) is 0 Å². The Labute approximate surface area is 155 Å². The Balaban J connectivity index is 1.49. The normalized spacial score (nSPS) is 18.2. The molecule has 5 nitrogen and oxygen atoms in total. The monoisotopic (exact) mass is 378 g/mol. The van der Waals surface area contributed by atoms with E-state index in [1.165, 1.54) is 11.3 Å². The van der Waals surface area contributed by atoms with E-state index in [0.717, 1.165) is 35.5 Å². The van der Waals surface area contributed by atoms with Crippen molar-refractivity contribution in [1.29, 1.82) is 0 Å². The Morgan fingerprint density at radius 2 is 1.85 bits per heavy atom. The van der Waals surface area contributed by atoms with E-state index in [9.17, 15) is 18.0 Å². The predicted molar refractivity (Wildman–Crippen MR) is 93.5 cm³/mol. The molecular weight excluding hydrogens is 357 g/mol. The van der Waals surface area contributed by atoms with Gasteiger partial charge in [-0.2, -0.15) is 18.3 Å². The van der Waals surface area contributed by atoms with Gasteiger partial charge in [0.25, 0.3) is 0 Å². The van der Waals surface area contributed by atoms with Gasteiger partial charge in [0, 0.05) is 25.3 Å². The van der Waals surface area contributed by atoms with E-state index >= 15 is 0 Å². The molecule has 4 rings (SSSR count). The van der Waals surface area contributed by atoms with Crippen LogP contribution in [0.2, 0.25) is 0 Å². The maximum atomic E-state index is 12.6. The van der Waals surface area contributed by atoms with Crippen LogP contribution in [0, 0.1) is 0 Å². The van der Waals surface area contributed by atoms with E-state index < -0.39 is 18.6 Å². The number of hydrogen-bond acceptors (Lipinski definition) is 3. The first-order valence-corrected chi connectivity index (χ1v) is 9.13. The molecule has 1 aromatic heterocycles. The van der Waals surface area contributed by atoms with Crippen molar-refractivity contribution in [2.45, 2.75) is 32.0 Å². The molecule has 0 bridgehead atoms. The topological polar surface area (TPSA) is 41.4 Å². The zero-order valence-electron chi connectivity index (χ0n) is 14.9. The first-order chi connectivity index (χ1) is 12.9. The fourth-order valence-electron chi connectivity index (χ4n) is 3.91. The average Bonchev–Trinajstić information content (AvgIpc) is 3.21. The number of nitrogens with zero attached hydrogens (tertiary/aromatic N) is 4. The summed E-state index contributed by atoms with van der Waals surface area (Å²) < 4.78 is 39.6. The summed E-state index contributed by atoms with van der Waals surface area (Å²) in [5, 5.41) is 4.77. The molecule has 1 aliphatic carbocycles. The molecule has 1 aliphatic heterocycles. The largest absolute Gasteiger partial charge is 0.406 e. The van der Waals surface area contributed by atoms with Gasteiger partial charge in [0.05, 0.1) is 17.9 Å². The highest BCUT2D eigenvalue weighted by Crippen LogP contribution is 2.29. The Morgan fingerprint density at radius 1 is 1.07 bits per heavy atom. The lowest BCUT2D eigenvalue weighted by Crippen LogP contribution is -2.52. The molecule has 0 saturated carbocycles. The molecule has 1 aromatic carbocycles. The maximum Gasteiger partial charge on any atom is 0.406 e. The van der Waals surface area contributed by atoms with Crippen molar-refractivity contribution < 1.29 is 18.0 Å². The zero-order valence-corrected chi connectivity index (χ0v) is 14.9. The van der Waals surface area contributed by atoms with E-state index in [0.29, 0.717) is 13.1 Å². The lowest BCUT2D eigenvalue weighted by atomic mass is 10.2. The van der Waals surface area contributed by atoms with Crippen LogP contribution in [-0.4, -0.2) is 57.8 Å². The number of carbonyl (C=O) groups excluding carboxylic acids is 1. The second-order valence-corrected chi connectivity index (χ2v) is 7.11. The van der Waals surface area contributed by atoms with E-state index in [1.807, 2.05) is 39.9 Å². The highest BCUT2D eigenvalue weighted by Gasteiger charge is 2.35. The second kappa shape index (κ2) is 6.99. The highest BCUT2D eigenvalue weighted by atomic mass is 19.4. The summed E-state index contributed by atoms with van der Waals surface area (Å²) in [6.07, 6.45) is -1.35. The molecule has 2 heterocycles. The fourth-order valence-corrected chi connectivity index (χ4v) is 3.91. The molecule has 8 heteroatoms. The molecule has 1 amide bonds. The number of piperazine rings is 1. The summed E-state index contributed by atoms with van der Waals surface area (Å²) >= 11 is 0. The van der Waals surface area contributed by atoms with Gasteiger partial charge in [0.2, 0.25) is 5.91 Å². The summed E-state index contributed by atoms with van der Waals surface area (Å²) in [4.78, 5) is 14.9. The summed E-state index contributed by atoms with van der Waals surface area (Å²) in [6, 6.07) is 9.91. The number of alkyl halides is 3. The summed E-state index contributed by atoms with van der Waals surface area (Å²) in [7, 11) is 0. The van der Waals surface area contributed by atoms with Gasteiger partial charge in [-0.1, -0.05) is 18.2 Å². The van der Waals surface area contributed by atoms with Gasteiger partial charge in [-0.05, 0) is 37.0 Å². The minimum Gasteiger partial charge on any atom is -0.331 e.